The number of nitrogens with one attached hydrogen (secondary N) is 1. The Morgan fingerprint density at radius 1 is 1.22 bits per heavy atom. The molecule has 0 bridgehead atoms. The van der Waals surface area contributed by atoms with Crippen LogP contribution in [0.2, 0.25) is 5.02 Å². The largest absolute Gasteiger partial charge is 0.378 e. The minimum atomic E-state index is -0.597. The van der Waals surface area contributed by atoms with Crippen molar-refractivity contribution in [1.82, 2.24) is 0 Å². The highest BCUT2D eigenvalue weighted by Gasteiger charge is 2.30. The molecular weight excluding hydrogens is 256 g/mol. The van der Waals surface area contributed by atoms with E-state index in [2.05, 4.69) is 10.2 Å². The first-order valence-corrected chi connectivity index (χ1v) is 6.06. The molecule has 2 aliphatic heterocycles. The van der Waals surface area contributed by atoms with Crippen LogP contribution in [0.1, 0.15) is 10.4 Å². The third-order valence-corrected chi connectivity index (χ3v) is 3.44. The Hall–Kier alpha value is -1.59. The third-order valence-electron chi connectivity index (χ3n) is 3.14. The number of rotatable bonds is 1. The number of nitrogens with zero attached hydrogens (tertiary/aromatic N) is 1. The molecule has 5 nitrogen and oxygen atoms in total. The molecular formula is C12H11ClN2O3. The predicted molar refractivity (Wildman–Crippen MR) is 67.4 cm³/mol. The summed E-state index contributed by atoms with van der Waals surface area (Å²) >= 11 is 6.18. The molecule has 1 amide bonds. The lowest BCUT2D eigenvalue weighted by Crippen LogP contribution is -2.36. The number of ether oxygens (including phenoxy) is 1. The molecule has 18 heavy (non-hydrogen) atoms. The van der Waals surface area contributed by atoms with Crippen molar-refractivity contribution in [3.8, 4) is 0 Å². The van der Waals surface area contributed by atoms with Gasteiger partial charge in [-0.15, -0.1) is 0 Å². The first-order valence-electron chi connectivity index (χ1n) is 5.69. The van der Waals surface area contributed by atoms with Gasteiger partial charge in [0.15, 0.2) is 0 Å². The van der Waals surface area contributed by atoms with Crippen LogP contribution in [0.4, 0.5) is 11.4 Å². The van der Waals surface area contributed by atoms with Crippen molar-refractivity contribution in [3.05, 3.63) is 22.7 Å². The van der Waals surface area contributed by atoms with Crippen molar-refractivity contribution in [1.29, 1.82) is 0 Å². The standard InChI is InChI=1S/C12H11ClN2O3/c13-8-5-7-9(14-12(17)11(7)16)6-10(8)15-1-3-18-4-2-15/h5-6H,1-4H2,(H,14,16,17). The van der Waals surface area contributed by atoms with Crippen LogP contribution in [-0.2, 0) is 9.53 Å². The molecule has 3 rings (SSSR count). The fourth-order valence-corrected chi connectivity index (χ4v) is 2.48. The predicted octanol–water partition coefficient (Wildman–Crippen LogP) is 1.31. The van der Waals surface area contributed by atoms with Gasteiger partial charge in [-0.25, -0.2) is 0 Å². The van der Waals surface area contributed by atoms with Crippen LogP contribution in [0.25, 0.3) is 0 Å². The van der Waals surface area contributed by atoms with E-state index in [0.717, 1.165) is 18.8 Å². The molecule has 2 aliphatic rings. The van der Waals surface area contributed by atoms with Crippen LogP contribution in [0.15, 0.2) is 12.1 Å². The maximum atomic E-state index is 11.5. The van der Waals surface area contributed by atoms with E-state index in [1.54, 1.807) is 12.1 Å². The van der Waals surface area contributed by atoms with Gasteiger partial charge in [-0.2, -0.15) is 0 Å². The molecule has 6 heteroatoms. The van der Waals surface area contributed by atoms with Gasteiger partial charge < -0.3 is 15.0 Å². The number of amides is 1. The van der Waals surface area contributed by atoms with E-state index in [0.29, 0.717) is 29.5 Å². The fraction of sp³-hybridized carbons (Fsp3) is 0.333. The van der Waals surface area contributed by atoms with E-state index < -0.39 is 11.7 Å². The Morgan fingerprint density at radius 3 is 2.67 bits per heavy atom. The molecule has 0 saturated carbocycles. The van der Waals surface area contributed by atoms with Crippen molar-refractivity contribution in [2.75, 3.05) is 36.5 Å². The van der Waals surface area contributed by atoms with Gasteiger partial charge in [-0.3, -0.25) is 9.59 Å². The van der Waals surface area contributed by atoms with E-state index in [9.17, 15) is 9.59 Å². The van der Waals surface area contributed by atoms with Crippen LogP contribution in [-0.4, -0.2) is 38.0 Å². The summed E-state index contributed by atoms with van der Waals surface area (Å²) in [5.41, 5.74) is 1.71. The molecule has 1 aromatic rings. The van der Waals surface area contributed by atoms with Crippen LogP contribution < -0.4 is 10.2 Å². The summed E-state index contributed by atoms with van der Waals surface area (Å²) in [5.74, 6) is -1.12. The topological polar surface area (TPSA) is 58.6 Å². The summed E-state index contributed by atoms with van der Waals surface area (Å²) in [6.45, 7) is 2.80. The lowest BCUT2D eigenvalue weighted by molar-refractivity contribution is -0.112. The van der Waals surface area contributed by atoms with Crippen molar-refractivity contribution in [2.45, 2.75) is 0 Å². The number of halogens is 1. The number of Topliss-reactive ketones (excluding diaryl/α,β-unsaturated/α-hetero) is 1. The molecule has 1 N–H and O–H groups in total. The number of carbonyl (C=O) groups excluding carboxylic acids is 2. The molecule has 1 saturated heterocycles. The number of benzene rings is 1. The summed E-state index contributed by atoms with van der Waals surface area (Å²) in [4.78, 5) is 24.9. The van der Waals surface area contributed by atoms with Gasteiger partial charge in [0.1, 0.15) is 0 Å². The number of hydrogen-bond donors (Lipinski definition) is 1. The quantitative estimate of drug-likeness (QED) is 0.779. The van der Waals surface area contributed by atoms with Gasteiger partial charge in [0, 0.05) is 13.1 Å². The van der Waals surface area contributed by atoms with Crippen LogP contribution in [0.5, 0.6) is 0 Å². The first-order chi connectivity index (χ1) is 8.66. The van der Waals surface area contributed by atoms with Gasteiger partial charge in [0.2, 0.25) is 0 Å². The average Bonchev–Trinajstić information content (AvgIpc) is 2.66. The Morgan fingerprint density at radius 2 is 1.94 bits per heavy atom. The lowest BCUT2D eigenvalue weighted by atomic mass is 10.1. The van der Waals surface area contributed by atoms with E-state index in [1.165, 1.54) is 0 Å². The number of carbonyl (C=O) groups is 2. The van der Waals surface area contributed by atoms with Gasteiger partial charge >= 0.3 is 0 Å². The van der Waals surface area contributed by atoms with Gasteiger partial charge in [0.05, 0.1) is 35.2 Å². The smallest absolute Gasteiger partial charge is 0.296 e. The van der Waals surface area contributed by atoms with E-state index in [-0.39, 0.29) is 0 Å². The SMILES string of the molecule is O=C1Nc2cc(N3CCOCC3)c(Cl)cc2C1=O. The summed E-state index contributed by atoms with van der Waals surface area (Å²) < 4.78 is 5.28. The molecule has 0 radical (unpaired) electrons. The zero-order valence-corrected chi connectivity index (χ0v) is 10.3. The monoisotopic (exact) mass is 266 g/mol. The first kappa shape index (κ1) is 11.5. The molecule has 1 fully saturated rings. The normalized spacial score (nSPS) is 18.8. The Bertz CT molecular complexity index is 538. The lowest BCUT2D eigenvalue weighted by Gasteiger charge is -2.29. The molecule has 0 unspecified atom stereocenters. The van der Waals surface area contributed by atoms with E-state index >= 15 is 0 Å². The van der Waals surface area contributed by atoms with Crippen molar-refractivity contribution < 1.29 is 14.3 Å². The van der Waals surface area contributed by atoms with Gasteiger partial charge in [-0.05, 0) is 12.1 Å². The second-order valence-corrected chi connectivity index (χ2v) is 4.64. The van der Waals surface area contributed by atoms with E-state index in [1.807, 2.05) is 0 Å². The fourth-order valence-electron chi connectivity index (χ4n) is 2.20. The summed E-state index contributed by atoms with van der Waals surface area (Å²) in [5, 5.41) is 3.04. The zero-order chi connectivity index (χ0) is 12.7. The second kappa shape index (κ2) is 4.26. The molecule has 0 atom stereocenters. The molecule has 0 aliphatic carbocycles. The molecule has 0 aromatic heterocycles. The minimum absolute atomic E-state index is 0.349. The van der Waals surface area contributed by atoms with Crippen molar-refractivity contribution >= 4 is 34.7 Å². The van der Waals surface area contributed by atoms with E-state index in [4.69, 9.17) is 16.3 Å². The number of fused-ring (bicyclic) bond motifs is 1. The molecule has 0 spiro atoms. The zero-order valence-electron chi connectivity index (χ0n) is 9.53. The number of hydrogen-bond acceptors (Lipinski definition) is 4. The highest BCUT2D eigenvalue weighted by molar-refractivity contribution is 6.52. The molecule has 94 valence electrons. The van der Waals surface area contributed by atoms with Crippen molar-refractivity contribution in [2.24, 2.45) is 0 Å². The maximum Gasteiger partial charge on any atom is 0.296 e. The number of ketones is 1. The highest BCUT2D eigenvalue weighted by atomic mass is 35.5. The van der Waals surface area contributed by atoms with Gasteiger partial charge in [0.25, 0.3) is 11.7 Å². The van der Waals surface area contributed by atoms with Crippen LogP contribution >= 0.6 is 11.6 Å². The van der Waals surface area contributed by atoms with Crippen molar-refractivity contribution in [3.63, 3.8) is 0 Å². The Balaban J connectivity index is 2.00. The van der Waals surface area contributed by atoms with Crippen LogP contribution in [0, 0.1) is 0 Å². The Labute approximate surface area is 109 Å². The average molecular weight is 267 g/mol. The third kappa shape index (κ3) is 1.76. The highest BCUT2D eigenvalue weighted by Crippen LogP contribution is 2.35. The number of morpholine rings is 1. The molecule has 1 aromatic carbocycles. The van der Waals surface area contributed by atoms with Gasteiger partial charge in [-0.1, -0.05) is 11.6 Å². The summed E-state index contributed by atoms with van der Waals surface area (Å²) in [6, 6.07) is 3.31. The Kier molecular flexibility index (Phi) is 2.72. The van der Waals surface area contributed by atoms with Crippen LogP contribution in [0.3, 0.4) is 0 Å². The second-order valence-electron chi connectivity index (χ2n) is 4.23. The summed E-state index contributed by atoms with van der Waals surface area (Å²) in [7, 11) is 0. The minimum Gasteiger partial charge on any atom is -0.378 e. The maximum absolute atomic E-state index is 11.5. The number of anilines is 2. The summed E-state index contributed by atoms with van der Waals surface area (Å²) in [6.07, 6.45) is 0. The molecule has 2 heterocycles.